The van der Waals surface area contributed by atoms with E-state index in [0.717, 1.165) is 39.9 Å². The van der Waals surface area contributed by atoms with Crippen molar-refractivity contribution in [2.75, 3.05) is 41.1 Å². The van der Waals surface area contributed by atoms with Gasteiger partial charge < -0.3 is 33.9 Å². The number of rotatable bonds is 7. The molecule has 3 aliphatic rings. The highest BCUT2D eigenvalue weighted by Gasteiger charge is 2.47. The van der Waals surface area contributed by atoms with Crippen LogP contribution in [0.2, 0.25) is 0 Å². The minimum absolute atomic E-state index is 0.0220. The number of benzene rings is 5. The van der Waals surface area contributed by atoms with Crippen molar-refractivity contribution in [3.63, 3.8) is 0 Å². The third-order valence-corrected chi connectivity index (χ3v) is 10.4. The molecule has 0 unspecified atom stereocenters. The van der Waals surface area contributed by atoms with Gasteiger partial charge in [0.05, 0.1) is 19.2 Å². The Balaban J connectivity index is 0.000000153. The lowest BCUT2D eigenvalue weighted by Gasteiger charge is -2.46. The van der Waals surface area contributed by atoms with Crippen LogP contribution in [-0.2, 0) is 16.0 Å². The molecule has 264 valence electrons. The number of nitrogens with zero attached hydrogens (tertiary/aromatic N) is 3. The quantitative estimate of drug-likeness (QED) is 0.192. The molecule has 9 rings (SSSR count). The number of fused-ring (bicyclic) bond motifs is 6. The van der Waals surface area contributed by atoms with E-state index in [1.165, 1.54) is 21.2 Å². The molecule has 0 aliphatic carbocycles. The number of ether oxygens (including phenoxy) is 3. The molecule has 5 aromatic carbocycles. The van der Waals surface area contributed by atoms with Crippen LogP contribution in [0.5, 0.6) is 17.2 Å². The summed E-state index contributed by atoms with van der Waals surface area (Å²) in [5.41, 5.74) is 5.31. The molecular weight excluding hydrogens is 652 g/mol. The molecule has 52 heavy (non-hydrogen) atoms. The van der Waals surface area contributed by atoms with E-state index in [1.807, 2.05) is 36.4 Å². The number of amides is 2. The Labute approximate surface area is 303 Å². The Bertz CT molecular complexity index is 2240. The van der Waals surface area contributed by atoms with Gasteiger partial charge in [0.1, 0.15) is 11.8 Å². The fourth-order valence-corrected chi connectivity index (χ4v) is 7.84. The number of aromatic nitrogens is 1. The predicted molar refractivity (Wildman–Crippen MR) is 202 cm³/mol. The molecular formula is C43H42N4O5. The second-order valence-corrected chi connectivity index (χ2v) is 13.8. The van der Waals surface area contributed by atoms with Crippen LogP contribution in [-0.4, -0.2) is 78.6 Å². The Morgan fingerprint density at radius 2 is 1.58 bits per heavy atom. The lowest BCUT2D eigenvalue weighted by atomic mass is 9.86. The predicted octanol–water partition coefficient (Wildman–Crippen LogP) is 7.12. The third kappa shape index (κ3) is 6.22. The van der Waals surface area contributed by atoms with Crippen LogP contribution in [0, 0.1) is 0 Å². The summed E-state index contributed by atoms with van der Waals surface area (Å²) >= 11 is 0. The van der Waals surface area contributed by atoms with Crippen molar-refractivity contribution >= 4 is 33.5 Å². The fourth-order valence-electron chi connectivity index (χ4n) is 7.84. The lowest BCUT2D eigenvalue weighted by Crippen LogP contribution is -2.62. The van der Waals surface area contributed by atoms with Crippen molar-refractivity contribution in [3.05, 3.63) is 138 Å². The fraction of sp³-hybridized carbons (Fsp3) is 0.256. The number of carbonyl (C=O) groups is 2. The van der Waals surface area contributed by atoms with Gasteiger partial charge in [-0.2, -0.15) is 0 Å². The average molecular weight is 695 g/mol. The van der Waals surface area contributed by atoms with Gasteiger partial charge in [-0.15, -0.1) is 0 Å². The molecule has 2 amide bonds. The molecule has 1 fully saturated rings. The molecule has 1 saturated heterocycles. The minimum Gasteiger partial charge on any atom is -0.493 e. The summed E-state index contributed by atoms with van der Waals surface area (Å²) in [5.74, 6) is 2.25. The SMILES string of the molecule is CN(C)[C@@H](CCOc1cccc2ccccc12)c1ccccc1.CN1CC(=O)N2[C@H](c3ccc4c(c3)OCO4)c3[nH]c4ccccc4c3C[C@@H]2C1=O. The standard InChI is InChI=1S/C22H19N3O4.C21H23NO/c1-24-10-19(26)25-16(22(24)27)9-14-13-4-2-3-5-15(13)23-20(14)21(25)12-6-7-17-18(8-12)29-11-28-17;1-22(2)20(18-10-4-3-5-11-18)15-16-23-21-14-8-12-17-9-6-7-13-19(17)21/h2-8,16,21,23H,9-11H2,1H3;3-14,20H,15-16H2,1-2H3/t16-,21-;20-/m10/s1. The van der Waals surface area contributed by atoms with Crippen molar-refractivity contribution in [3.8, 4) is 17.2 Å². The normalized spacial score (nSPS) is 18.2. The number of aromatic amines is 1. The van der Waals surface area contributed by atoms with Gasteiger partial charge in [0.25, 0.3) is 0 Å². The summed E-state index contributed by atoms with van der Waals surface area (Å²) in [6, 6.07) is 38.5. The summed E-state index contributed by atoms with van der Waals surface area (Å²) in [6.45, 7) is 0.980. The molecule has 9 nitrogen and oxygen atoms in total. The highest BCUT2D eigenvalue weighted by atomic mass is 16.7. The second-order valence-electron chi connectivity index (χ2n) is 13.8. The number of hydrogen-bond acceptors (Lipinski definition) is 6. The van der Waals surface area contributed by atoms with Crippen LogP contribution in [0.4, 0.5) is 0 Å². The second kappa shape index (κ2) is 14.1. The first kappa shape index (κ1) is 33.3. The van der Waals surface area contributed by atoms with E-state index in [2.05, 4.69) is 103 Å². The number of hydrogen-bond donors (Lipinski definition) is 1. The number of H-pyrrole nitrogens is 1. The lowest BCUT2D eigenvalue weighted by molar-refractivity contribution is -0.157. The van der Waals surface area contributed by atoms with E-state index in [9.17, 15) is 9.59 Å². The van der Waals surface area contributed by atoms with Crippen molar-refractivity contribution in [2.24, 2.45) is 0 Å². The van der Waals surface area contributed by atoms with E-state index in [4.69, 9.17) is 14.2 Å². The first-order valence-electron chi connectivity index (χ1n) is 17.7. The number of likely N-dealkylation sites (N-methyl/N-ethyl adjacent to an activating group) is 1. The summed E-state index contributed by atoms with van der Waals surface area (Å²) in [4.78, 5) is 35.2. The van der Waals surface area contributed by atoms with Gasteiger partial charge in [-0.25, -0.2) is 0 Å². The van der Waals surface area contributed by atoms with Crippen LogP contribution in [0.1, 0.15) is 40.9 Å². The molecule has 3 aliphatic heterocycles. The maximum atomic E-state index is 13.1. The Morgan fingerprint density at radius 1 is 0.846 bits per heavy atom. The Hall–Kier alpha value is -5.80. The molecule has 0 bridgehead atoms. The van der Waals surface area contributed by atoms with E-state index < -0.39 is 6.04 Å². The van der Waals surface area contributed by atoms with Crippen molar-refractivity contribution < 1.29 is 23.8 Å². The van der Waals surface area contributed by atoms with Crippen LogP contribution in [0.15, 0.2) is 115 Å². The molecule has 0 spiro atoms. The third-order valence-electron chi connectivity index (χ3n) is 10.4. The van der Waals surface area contributed by atoms with Gasteiger partial charge in [-0.3, -0.25) is 9.59 Å². The van der Waals surface area contributed by atoms with E-state index in [1.54, 1.807) is 11.9 Å². The van der Waals surface area contributed by atoms with Crippen molar-refractivity contribution in [1.82, 2.24) is 19.7 Å². The van der Waals surface area contributed by atoms with Gasteiger partial charge in [0.2, 0.25) is 18.6 Å². The zero-order chi connectivity index (χ0) is 35.8. The minimum atomic E-state index is -0.511. The maximum absolute atomic E-state index is 13.1. The van der Waals surface area contributed by atoms with E-state index >= 15 is 0 Å². The zero-order valence-electron chi connectivity index (χ0n) is 29.6. The van der Waals surface area contributed by atoms with Gasteiger partial charge in [0.15, 0.2) is 11.5 Å². The van der Waals surface area contributed by atoms with Crippen LogP contribution < -0.4 is 14.2 Å². The molecule has 0 saturated carbocycles. The monoisotopic (exact) mass is 694 g/mol. The molecule has 3 atom stereocenters. The van der Waals surface area contributed by atoms with Crippen LogP contribution >= 0.6 is 0 Å². The zero-order valence-corrected chi connectivity index (χ0v) is 29.6. The van der Waals surface area contributed by atoms with Crippen molar-refractivity contribution in [1.29, 1.82) is 0 Å². The van der Waals surface area contributed by atoms with Gasteiger partial charge in [-0.05, 0) is 60.4 Å². The topological polar surface area (TPSA) is 87.3 Å². The van der Waals surface area contributed by atoms with Gasteiger partial charge in [0, 0.05) is 47.9 Å². The Morgan fingerprint density at radius 3 is 2.40 bits per heavy atom. The molecule has 0 radical (unpaired) electrons. The first-order valence-corrected chi connectivity index (χ1v) is 17.7. The van der Waals surface area contributed by atoms with Gasteiger partial charge >= 0.3 is 0 Å². The largest absolute Gasteiger partial charge is 0.493 e. The Kier molecular flexibility index (Phi) is 9.03. The average Bonchev–Trinajstić information content (AvgIpc) is 3.80. The smallest absolute Gasteiger partial charge is 0.245 e. The molecule has 6 aromatic rings. The number of piperazine rings is 1. The number of nitrogens with one attached hydrogen (secondary N) is 1. The summed E-state index contributed by atoms with van der Waals surface area (Å²) in [6.07, 6.45) is 1.47. The first-order chi connectivity index (χ1) is 25.4. The van der Waals surface area contributed by atoms with E-state index in [-0.39, 0.29) is 31.2 Å². The van der Waals surface area contributed by atoms with Crippen LogP contribution in [0.25, 0.3) is 21.7 Å². The number of carbonyl (C=O) groups excluding carboxylic acids is 2. The molecule has 4 heterocycles. The molecule has 1 N–H and O–H groups in total. The van der Waals surface area contributed by atoms with E-state index in [0.29, 0.717) is 30.6 Å². The summed E-state index contributed by atoms with van der Waals surface area (Å²) in [5, 5.41) is 3.50. The van der Waals surface area contributed by atoms with Gasteiger partial charge in [-0.1, -0.05) is 91.0 Å². The highest BCUT2D eigenvalue weighted by Crippen LogP contribution is 2.44. The van der Waals surface area contributed by atoms with Crippen molar-refractivity contribution in [2.45, 2.75) is 31.0 Å². The summed E-state index contributed by atoms with van der Waals surface area (Å²) < 4.78 is 17.1. The highest BCUT2D eigenvalue weighted by molar-refractivity contribution is 5.97. The van der Waals surface area contributed by atoms with Crippen LogP contribution in [0.3, 0.4) is 0 Å². The molecule has 1 aromatic heterocycles. The maximum Gasteiger partial charge on any atom is 0.245 e. The molecule has 9 heteroatoms. The number of para-hydroxylation sites is 1. The summed E-state index contributed by atoms with van der Waals surface area (Å²) in [7, 11) is 5.93.